The molecule has 4 heteroatoms. The third kappa shape index (κ3) is 5.41. The minimum Gasteiger partial charge on any atom is -0.381 e. The third-order valence-corrected chi connectivity index (χ3v) is 4.23. The van der Waals surface area contributed by atoms with Crippen molar-refractivity contribution in [1.29, 1.82) is 0 Å². The fourth-order valence-electron chi connectivity index (χ4n) is 1.91. The molecular weight excluding hydrogens is 222 g/mol. The van der Waals surface area contributed by atoms with E-state index in [4.69, 9.17) is 4.74 Å². The zero-order chi connectivity index (χ0) is 12.0. The molecule has 1 heterocycles. The highest BCUT2D eigenvalue weighted by molar-refractivity contribution is 7.84. The van der Waals surface area contributed by atoms with Crippen molar-refractivity contribution in [3.05, 3.63) is 0 Å². The summed E-state index contributed by atoms with van der Waals surface area (Å²) < 4.78 is 16.4. The first-order valence-electron chi connectivity index (χ1n) is 6.13. The summed E-state index contributed by atoms with van der Waals surface area (Å²) in [4.78, 5) is 0. The van der Waals surface area contributed by atoms with Gasteiger partial charge >= 0.3 is 0 Å². The molecule has 0 aromatic rings. The predicted molar refractivity (Wildman–Crippen MR) is 69.2 cm³/mol. The Labute approximate surface area is 102 Å². The van der Waals surface area contributed by atoms with Crippen LogP contribution in [0.1, 0.15) is 33.1 Å². The van der Waals surface area contributed by atoms with Crippen LogP contribution in [0, 0.1) is 5.41 Å². The van der Waals surface area contributed by atoms with Gasteiger partial charge in [0.15, 0.2) is 0 Å². The van der Waals surface area contributed by atoms with E-state index in [0.717, 1.165) is 44.8 Å². The molecule has 1 rings (SSSR count). The van der Waals surface area contributed by atoms with Crippen LogP contribution in [0.3, 0.4) is 0 Å². The lowest BCUT2D eigenvalue weighted by atomic mass is 9.82. The van der Waals surface area contributed by atoms with Crippen molar-refractivity contribution >= 4 is 10.8 Å². The molecule has 16 heavy (non-hydrogen) atoms. The molecule has 0 radical (unpaired) electrons. The summed E-state index contributed by atoms with van der Waals surface area (Å²) >= 11 is 0. The molecule has 0 aromatic carbocycles. The van der Waals surface area contributed by atoms with Crippen molar-refractivity contribution < 1.29 is 8.95 Å². The third-order valence-electron chi connectivity index (χ3n) is 3.42. The van der Waals surface area contributed by atoms with Crippen molar-refractivity contribution in [2.75, 3.05) is 31.8 Å². The fourth-order valence-corrected chi connectivity index (χ4v) is 2.59. The standard InChI is InChI=1S/C12H25NO2S/c1-11(4-9-16(3)14)13-10-12(2)5-7-15-8-6-12/h11,13H,4-10H2,1-3H3. The van der Waals surface area contributed by atoms with Gasteiger partial charge in [-0.15, -0.1) is 0 Å². The molecule has 1 aliphatic heterocycles. The molecule has 1 fully saturated rings. The molecule has 2 unspecified atom stereocenters. The Hall–Kier alpha value is 0.0700. The Morgan fingerprint density at radius 1 is 1.44 bits per heavy atom. The Kier molecular flexibility index (Phi) is 5.94. The van der Waals surface area contributed by atoms with Crippen LogP contribution in [-0.2, 0) is 15.5 Å². The average Bonchev–Trinajstić information content (AvgIpc) is 2.25. The molecule has 0 spiro atoms. The normalized spacial score (nSPS) is 23.9. The van der Waals surface area contributed by atoms with Gasteiger partial charge in [-0.1, -0.05) is 6.92 Å². The first-order chi connectivity index (χ1) is 7.52. The Bertz CT molecular complexity index is 227. The minimum absolute atomic E-state index is 0.387. The van der Waals surface area contributed by atoms with Crippen molar-refractivity contribution in [3.63, 3.8) is 0 Å². The SMILES string of the molecule is CC(CCS(C)=O)NCC1(C)CCOCC1. The topological polar surface area (TPSA) is 38.3 Å². The summed E-state index contributed by atoms with van der Waals surface area (Å²) in [6, 6.07) is 0.462. The lowest BCUT2D eigenvalue weighted by molar-refractivity contribution is 0.0231. The molecule has 3 nitrogen and oxygen atoms in total. The van der Waals surface area contributed by atoms with E-state index >= 15 is 0 Å². The molecule has 1 saturated heterocycles. The molecule has 0 bridgehead atoms. The van der Waals surface area contributed by atoms with E-state index in [2.05, 4.69) is 19.2 Å². The van der Waals surface area contributed by atoms with E-state index in [0.29, 0.717) is 11.5 Å². The van der Waals surface area contributed by atoms with Crippen LogP contribution in [0.4, 0.5) is 0 Å². The van der Waals surface area contributed by atoms with Crippen LogP contribution in [0.2, 0.25) is 0 Å². The zero-order valence-corrected chi connectivity index (χ0v) is 11.6. The van der Waals surface area contributed by atoms with Crippen LogP contribution < -0.4 is 5.32 Å². The second-order valence-corrected chi connectivity index (χ2v) is 6.83. The van der Waals surface area contributed by atoms with Gasteiger partial charge < -0.3 is 10.1 Å². The highest BCUT2D eigenvalue weighted by atomic mass is 32.2. The zero-order valence-electron chi connectivity index (χ0n) is 10.8. The highest BCUT2D eigenvalue weighted by Gasteiger charge is 2.27. The highest BCUT2D eigenvalue weighted by Crippen LogP contribution is 2.28. The molecule has 0 saturated carbocycles. The van der Waals surface area contributed by atoms with E-state index in [1.807, 2.05) is 0 Å². The largest absolute Gasteiger partial charge is 0.381 e. The van der Waals surface area contributed by atoms with Crippen LogP contribution in [-0.4, -0.2) is 42.0 Å². The molecule has 0 amide bonds. The number of hydrogen-bond donors (Lipinski definition) is 1. The van der Waals surface area contributed by atoms with Crippen molar-refractivity contribution in [1.82, 2.24) is 5.32 Å². The number of ether oxygens (including phenoxy) is 1. The fraction of sp³-hybridized carbons (Fsp3) is 1.00. The Morgan fingerprint density at radius 3 is 2.62 bits per heavy atom. The van der Waals surface area contributed by atoms with Gasteiger partial charge in [0.05, 0.1) is 0 Å². The maximum absolute atomic E-state index is 11.0. The van der Waals surface area contributed by atoms with Crippen molar-refractivity contribution in [3.8, 4) is 0 Å². The van der Waals surface area contributed by atoms with Gasteiger partial charge in [0.1, 0.15) is 0 Å². The molecule has 96 valence electrons. The first-order valence-corrected chi connectivity index (χ1v) is 7.86. The maximum Gasteiger partial charge on any atom is 0.0471 e. The lowest BCUT2D eigenvalue weighted by Crippen LogP contribution is -2.40. The summed E-state index contributed by atoms with van der Waals surface area (Å²) in [5.74, 6) is 0.800. The summed E-state index contributed by atoms with van der Waals surface area (Å²) in [5.41, 5.74) is 0.387. The van der Waals surface area contributed by atoms with E-state index in [1.54, 1.807) is 6.26 Å². The van der Waals surface area contributed by atoms with E-state index in [9.17, 15) is 4.21 Å². The van der Waals surface area contributed by atoms with E-state index in [1.165, 1.54) is 0 Å². The van der Waals surface area contributed by atoms with E-state index in [-0.39, 0.29) is 0 Å². The Balaban J connectivity index is 2.19. The summed E-state index contributed by atoms with van der Waals surface area (Å²) in [7, 11) is -0.665. The Morgan fingerprint density at radius 2 is 2.06 bits per heavy atom. The van der Waals surface area contributed by atoms with Crippen LogP contribution in [0.15, 0.2) is 0 Å². The van der Waals surface area contributed by atoms with Gasteiger partial charge in [-0.05, 0) is 31.6 Å². The summed E-state index contributed by atoms with van der Waals surface area (Å²) in [6.07, 6.45) is 5.06. The monoisotopic (exact) mass is 247 g/mol. The van der Waals surface area contributed by atoms with Crippen LogP contribution in [0.5, 0.6) is 0 Å². The maximum atomic E-state index is 11.0. The predicted octanol–water partition coefficient (Wildman–Crippen LogP) is 1.55. The van der Waals surface area contributed by atoms with Gasteiger partial charge in [-0.25, -0.2) is 0 Å². The van der Waals surface area contributed by atoms with Gasteiger partial charge in [0.2, 0.25) is 0 Å². The van der Waals surface area contributed by atoms with E-state index < -0.39 is 10.8 Å². The molecule has 1 N–H and O–H groups in total. The van der Waals surface area contributed by atoms with Gasteiger partial charge in [0.25, 0.3) is 0 Å². The average molecular weight is 247 g/mol. The lowest BCUT2D eigenvalue weighted by Gasteiger charge is -2.34. The molecule has 1 aliphatic rings. The summed E-state index contributed by atoms with van der Waals surface area (Å²) in [6.45, 7) is 7.34. The van der Waals surface area contributed by atoms with Crippen molar-refractivity contribution in [2.45, 2.75) is 39.2 Å². The molecular formula is C12H25NO2S. The first kappa shape index (κ1) is 14.1. The van der Waals surface area contributed by atoms with Crippen LogP contribution >= 0.6 is 0 Å². The number of hydrogen-bond acceptors (Lipinski definition) is 3. The van der Waals surface area contributed by atoms with Crippen LogP contribution in [0.25, 0.3) is 0 Å². The number of rotatable bonds is 6. The molecule has 2 atom stereocenters. The number of nitrogens with one attached hydrogen (secondary N) is 1. The van der Waals surface area contributed by atoms with Gasteiger partial charge in [-0.2, -0.15) is 0 Å². The second kappa shape index (κ2) is 6.72. The van der Waals surface area contributed by atoms with Gasteiger partial charge in [-0.3, -0.25) is 4.21 Å². The molecule has 0 aliphatic carbocycles. The minimum atomic E-state index is -0.665. The smallest absolute Gasteiger partial charge is 0.0471 e. The van der Waals surface area contributed by atoms with Crippen molar-refractivity contribution in [2.24, 2.45) is 5.41 Å². The summed E-state index contributed by atoms with van der Waals surface area (Å²) in [5, 5.41) is 3.56. The second-order valence-electron chi connectivity index (χ2n) is 5.27. The van der Waals surface area contributed by atoms with Gasteiger partial charge in [0, 0.05) is 48.6 Å². The molecule has 0 aromatic heterocycles. The quantitative estimate of drug-likeness (QED) is 0.774.